The van der Waals surface area contributed by atoms with Gasteiger partial charge < -0.3 is 5.32 Å². The number of rotatable bonds is 3. The fourth-order valence-electron chi connectivity index (χ4n) is 5.24. The van der Waals surface area contributed by atoms with Crippen LogP contribution >= 0.6 is 11.6 Å². The molecule has 0 unspecified atom stereocenters. The molecule has 2 nitrogen and oxygen atoms in total. The molecule has 0 bridgehead atoms. The molecule has 1 heterocycles. The Hall–Kier alpha value is -2.32. The molecule has 0 spiro atoms. The largest absolute Gasteiger partial charge is 0.381 e. The van der Waals surface area contributed by atoms with Crippen LogP contribution in [0.3, 0.4) is 0 Å². The van der Waals surface area contributed by atoms with Gasteiger partial charge in [-0.2, -0.15) is 0 Å². The van der Waals surface area contributed by atoms with E-state index in [-0.39, 0.29) is 5.78 Å². The zero-order chi connectivity index (χ0) is 19.1. The lowest BCUT2D eigenvalue weighted by atomic mass is 9.71. The molecule has 28 heavy (non-hydrogen) atoms. The Labute approximate surface area is 171 Å². The fraction of sp³-hybridized carbons (Fsp3) is 0.320. The molecule has 2 aliphatic carbocycles. The summed E-state index contributed by atoms with van der Waals surface area (Å²) in [5.74, 6) is 1.53. The maximum absolute atomic E-state index is 13.3. The standard InChI is InChI=1S/C25H24ClNO/c26-18-14-21-19-12-7-13-20(19)23(16-8-3-1-4-9-16)27-24(21)22(15-18)25(28)17-10-5-2-6-11-17/h1-3,5-7,10-12,14-16,19-20,23,27H,4,8-9,13H2/t16-,19+,20+,23+/m0/s1. The van der Waals surface area contributed by atoms with E-state index in [0.29, 0.717) is 39.9 Å². The molecule has 142 valence electrons. The van der Waals surface area contributed by atoms with Gasteiger partial charge in [-0.05, 0) is 55.2 Å². The van der Waals surface area contributed by atoms with Crippen molar-refractivity contribution in [1.29, 1.82) is 0 Å². The first-order valence-electron chi connectivity index (χ1n) is 10.2. The summed E-state index contributed by atoms with van der Waals surface area (Å²) in [6, 6.07) is 13.8. The molecule has 1 N–H and O–H groups in total. The highest BCUT2D eigenvalue weighted by atomic mass is 35.5. The van der Waals surface area contributed by atoms with Crippen molar-refractivity contribution in [3.63, 3.8) is 0 Å². The van der Waals surface area contributed by atoms with Crippen LogP contribution in [0.1, 0.15) is 53.1 Å². The van der Waals surface area contributed by atoms with Crippen LogP contribution in [0.5, 0.6) is 0 Å². The molecule has 3 aliphatic rings. The topological polar surface area (TPSA) is 29.1 Å². The molecule has 0 radical (unpaired) electrons. The number of ketones is 1. The Balaban J connectivity index is 1.60. The molecule has 2 aromatic rings. The zero-order valence-electron chi connectivity index (χ0n) is 15.8. The maximum atomic E-state index is 13.3. The summed E-state index contributed by atoms with van der Waals surface area (Å²) in [6.07, 6.45) is 13.8. The van der Waals surface area contributed by atoms with Crippen molar-refractivity contribution in [2.45, 2.75) is 37.6 Å². The number of hydrogen-bond donors (Lipinski definition) is 1. The van der Waals surface area contributed by atoms with Gasteiger partial charge in [-0.3, -0.25) is 4.79 Å². The molecule has 0 saturated heterocycles. The summed E-state index contributed by atoms with van der Waals surface area (Å²) in [6.45, 7) is 0. The van der Waals surface area contributed by atoms with Crippen molar-refractivity contribution < 1.29 is 4.79 Å². The number of carbonyl (C=O) groups is 1. The molecule has 0 amide bonds. The molecular formula is C25H24ClNO. The lowest BCUT2D eigenvalue weighted by Gasteiger charge is -2.42. The second-order valence-corrected chi connectivity index (χ2v) is 8.62. The van der Waals surface area contributed by atoms with Crippen molar-refractivity contribution in [3.8, 4) is 0 Å². The fourth-order valence-corrected chi connectivity index (χ4v) is 5.46. The first kappa shape index (κ1) is 17.8. The highest BCUT2D eigenvalue weighted by molar-refractivity contribution is 6.31. The van der Waals surface area contributed by atoms with Gasteiger partial charge in [0.25, 0.3) is 0 Å². The number of benzene rings is 2. The van der Waals surface area contributed by atoms with E-state index in [1.54, 1.807) is 0 Å². The monoisotopic (exact) mass is 389 g/mol. The van der Waals surface area contributed by atoms with Crippen molar-refractivity contribution in [2.75, 3.05) is 5.32 Å². The second-order valence-electron chi connectivity index (χ2n) is 8.18. The van der Waals surface area contributed by atoms with Crippen LogP contribution in [-0.2, 0) is 0 Å². The lowest BCUT2D eigenvalue weighted by molar-refractivity contribution is 0.103. The van der Waals surface area contributed by atoms with Crippen molar-refractivity contribution in [3.05, 3.63) is 88.5 Å². The first-order valence-corrected chi connectivity index (χ1v) is 10.6. The Kier molecular flexibility index (Phi) is 4.60. The minimum absolute atomic E-state index is 0.0366. The molecule has 0 aromatic heterocycles. The summed E-state index contributed by atoms with van der Waals surface area (Å²) in [4.78, 5) is 13.3. The molecule has 4 atom stereocenters. The Morgan fingerprint density at radius 1 is 1.04 bits per heavy atom. The summed E-state index contributed by atoms with van der Waals surface area (Å²) < 4.78 is 0. The minimum atomic E-state index is 0.0366. The third kappa shape index (κ3) is 3.00. The quantitative estimate of drug-likeness (QED) is 0.487. The predicted molar refractivity (Wildman–Crippen MR) is 115 cm³/mol. The van der Waals surface area contributed by atoms with Crippen molar-refractivity contribution in [2.24, 2.45) is 11.8 Å². The van der Waals surface area contributed by atoms with Gasteiger partial charge >= 0.3 is 0 Å². The van der Waals surface area contributed by atoms with E-state index in [1.807, 2.05) is 36.4 Å². The lowest BCUT2D eigenvalue weighted by Crippen LogP contribution is -2.42. The van der Waals surface area contributed by atoms with Gasteiger partial charge in [0.15, 0.2) is 5.78 Å². The number of nitrogens with one attached hydrogen (secondary N) is 1. The summed E-state index contributed by atoms with van der Waals surface area (Å²) in [5.41, 5.74) is 3.57. The van der Waals surface area contributed by atoms with E-state index in [2.05, 4.69) is 35.7 Å². The SMILES string of the molecule is O=C(c1ccccc1)c1cc(Cl)cc2c1N[C@H]([C@H]1CC=CCC1)[C@@H]1CC=C[C@@H]21. The summed E-state index contributed by atoms with van der Waals surface area (Å²) in [7, 11) is 0. The van der Waals surface area contributed by atoms with Crippen LogP contribution in [-0.4, -0.2) is 11.8 Å². The van der Waals surface area contributed by atoms with Gasteiger partial charge in [-0.1, -0.05) is 66.2 Å². The van der Waals surface area contributed by atoms with Gasteiger partial charge in [0, 0.05) is 33.8 Å². The molecular weight excluding hydrogens is 366 g/mol. The number of fused-ring (bicyclic) bond motifs is 3. The van der Waals surface area contributed by atoms with E-state index in [9.17, 15) is 4.79 Å². The molecule has 0 saturated carbocycles. The Bertz CT molecular complexity index is 962. The predicted octanol–water partition coefficient (Wildman–Crippen LogP) is 6.38. The van der Waals surface area contributed by atoms with E-state index < -0.39 is 0 Å². The van der Waals surface area contributed by atoms with Crippen LogP contribution in [0.15, 0.2) is 66.8 Å². The van der Waals surface area contributed by atoms with Gasteiger partial charge in [-0.25, -0.2) is 0 Å². The van der Waals surface area contributed by atoms with Crippen LogP contribution < -0.4 is 5.32 Å². The molecule has 3 heteroatoms. The molecule has 0 fully saturated rings. The number of allylic oxidation sites excluding steroid dienone is 4. The summed E-state index contributed by atoms with van der Waals surface area (Å²) >= 11 is 6.48. The Morgan fingerprint density at radius 3 is 2.68 bits per heavy atom. The van der Waals surface area contributed by atoms with Gasteiger partial charge in [-0.15, -0.1) is 0 Å². The normalized spacial score (nSPS) is 27.8. The van der Waals surface area contributed by atoms with Crippen LogP contribution in [0, 0.1) is 11.8 Å². The number of hydrogen-bond acceptors (Lipinski definition) is 2. The number of halogens is 1. The minimum Gasteiger partial charge on any atom is -0.381 e. The second kappa shape index (κ2) is 7.25. The van der Waals surface area contributed by atoms with Gasteiger partial charge in [0.1, 0.15) is 0 Å². The summed E-state index contributed by atoms with van der Waals surface area (Å²) in [5, 5.41) is 4.47. The smallest absolute Gasteiger partial charge is 0.195 e. The highest BCUT2D eigenvalue weighted by Crippen LogP contribution is 2.49. The Morgan fingerprint density at radius 2 is 1.89 bits per heavy atom. The maximum Gasteiger partial charge on any atom is 0.195 e. The van der Waals surface area contributed by atoms with Crippen molar-refractivity contribution >= 4 is 23.1 Å². The molecule has 1 aliphatic heterocycles. The number of carbonyl (C=O) groups excluding carboxylic acids is 1. The van der Waals surface area contributed by atoms with E-state index in [1.165, 1.54) is 12.0 Å². The van der Waals surface area contributed by atoms with E-state index >= 15 is 0 Å². The highest BCUT2D eigenvalue weighted by Gasteiger charge is 2.42. The third-order valence-electron chi connectivity index (χ3n) is 6.58. The molecule has 2 aromatic carbocycles. The van der Waals surface area contributed by atoms with Crippen LogP contribution in [0.2, 0.25) is 5.02 Å². The average molecular weight is 390 g/mol. The van der Waals surface area contributed by atoms with E-state index in [4.69, 9.17) is 11.6 Å². The third-order valence-corrected chi connectivity index (χ3v) is 6.79. The van der Waals surface area contributed by atoms with Gasteiger partial charge in [0.2, 0.25) is 0 Å². The van der Waals surface area contributed by atoms with Gasteiger partial charge in [0.05, 0.1) is 0 Å². The van der Waals surface area contributed by atoms with E-state index in [0.717, 1.165) is 24.9 Å². The number of anilines is 1. The first-order chi connectivity index (χ1) is 13.7. The van der Waals surface area contributed by atoms with Crippen molar-refractivity contribution in [1.82, 2.24) is 0 Å². The molecule has 5 rings (SSSR count). The zero-order valence-corrected chi connectivity index (χ0v) is 16.5. The van der Waals surface area contributed by atoms with Crippen LogP contribution in [0.4, 0.5) is 5.69 Å². The van der Waals surface area contributed by atoms with Crippen LogP contribution in [0.25, 0.3) is 0 Å². The average Bonchev–Trinajstić information content (AvgIpc) is 3.24.